The zero-order chi connectivity index (χ0) is 20.7. The van der Waals surface area contributed by atoms with Crippen LogP contribution >= 0.6 is 0 Å². The zero-order valence-corrected chi connectivity index (χ0v) is 16.5. The number of Topliss-reactive ketones (excluding diaryl/α,β-unsaturated/α-hetero) is 1. The summed E-state index contributed by atoms with van der Waals surface area (Å²) in [6, 6.07) is 11.7. The largest absolute Gasteiger partial charge is 0.331 e. The van der Waals surface area contributed by atoms with Crippen molar-refractivity contribution in [3.63, 3.8) is 0 Å². The quantitative estimate of drug-likeness (QED) is 0.594. The fourth-order valence-corrected chi connectivity index (χ4v) is 4.13. The number of rotatable bonds is 4. The molecule has 3 amide bonds. The third-order valence-electron chi connectivity index (χ3n) is 5.71. The second-order valence-corrected chi connectivity index (χ2v) is 7.67. The lowest BCUT2D eigenvalue weighted by atomic mass is 9.96. The monoisotopic (exact) mass is 390 g/mol. The molecule has 1 fully saturated rings. The molecular formula is C23H22N2O4. The van der Waals surface area contributed by atoms with Crippen LogP contribution in [0.15, 0.2) is 42.5 Å². The first-order valence-corrected chi connectivity index (χ1v) is 9.74. The van der Waals surface area contributed by atoms with Crippen LogP contribution in [0.3, 0.4) is 0 Å². The van der Waals surface area contributed by atoms with E-state index in [0.29, 0.717) is 29.7 Å². The normalized spacial score (nSPS) is 18.3. The van der Waals surface area contributed by atoms with E-state index in [1.54, 1.807) is 24.3 Å². The van der Waals surface area contributed by atoms with Gasteiger partial charge in [-0.1, -0.05) is 29.8 Å². The smallest absolute Gasteiger partial charge is 0.262 e. The highest BCUT2D eigenvalue weighted by molar-refractivity contribution is 6.22. The van der Waals surface area contributed by atoms with Crippen LogP contribution in [-0.4, -0.2) is 52.4 Å². The van der Waals surface area contributed by atoms with Crippen molar-refractivity contribution in [3.05, 3.63) is 70.3 Å². The Morgan fingerprint density at radius 1 is 1.00 bits per heavy atom. The number of amides is 3. The molecule has 0 spiro atoms. The Balaban J connectivity index is 1.53. The molecule has 29 heavy (non-hydrogen) atoms. The van der Waals surface area contributed by atoms with Crippen molar-refractivity contribution in [1.82, 2.24) is 9.80 Å². The Bertz CT molecular complexity index is 1010. The molecular weight excluding hydrogens is 368 g/mol. The van der Waals surface area contributed by atoms with E-state index in [2.05, 4.69) is 0 Å². The number of nitrogens with zero attached hydrogens (tertiary/aromatic N) is 2. The average molecular weight is 390 g/mol. The Labute approximate surface area is 169 Å². The predicted octanol–water partition coefficient (Wildman–Crippen LogP) is 2.77. The molecule has 0 radical (unpaired) electrons. The number of imide groups is 1. The van der Waals surface area contributed by atoms with Crippen molar-refractivity contribution >= 4 is 23.5 Å². The van der Waals surface area contributed by atoms with Crippen LogP contribution in [0, 0.1) is 13.8 Å². The summed E-state index contributed by atoms with van der Waals surface area (Å²) in [7, 11) is 0. The van der Waals surface area contributed by atoms with Crippen molar-refractivity contribution in [2.24, 2.45) is 0 Å². The van der Waals surface area contributed by atoms with E-state index in [1.165, 1.54) is 4.90 Å². The van der Waals surface area contributed by atoms with Gasteiger partial charge in [0.2, 0.25) is 5.91 Å². The Hall–Kier alpha value is -3.28. The van der Waals surface area contributed by atoms with Gasteiger partial charge in [0.15, 0.2) is 5.78 Å². The molecule has 0 saturated carbocycles. The molecule has 0 aromatic heterocycles. The predicted molar refractivity (Wildman–Crippen MR) is 107 cm³/mol. The number of hydrogen-bond donors (Lipinski definition) is 0. The Kier molecular flexibility index (Phi) is 4.78. The van der Waals surface area contributed by atoms with E-state index in [-0.39, 0.29) is 18.2 Å². The van der Waals surface area contributed by atoms with Gasteiger partial charge in [-0.3, -0.25) is 24.1 Å². The van der Waals surface area contributed by atoms with Gasteiger partial charge in [0.05, 0.1) is 17.2 Å². The van der Waals surface area contributed by atoms with E-state index in [1.807, 2.05) is 32.0 Å². The maximum atomic E-state index is 13.1. The van der Waals surface area contributed by atoms with Gasteiger partial charge in [-0.15, -0.1) is 0 Å². The second-order valence-electron chi connectivity index (χ2n) is 7.67. The number of likely N-dealkylation sites (tertiary alicyclic amines) is 1. The van der Waals surface area contributed by atoms with Crippen LogP contribution in [0.4, 0.5) is 0 Å². The third-order valence-corrected chi connectivity index (χ3v) is 5.71. The molecule has 6 nitrogen and oxygen atoms in total. The molecule has 0 bridgehead atoms. The highest BCUT2D eigenvalue weighted by Gasteiger charge is 2.40. The molecule has 0 N–H and O–H groups in total. The number of carbonyl (C=O) groups is 4. The molecule has 0 aliphatic carbocycles. The van der Waals surface area contributed by atoms with Crippen LogP contribution in [0.5, 0.6) is 0 Å². The molecule has 1 atom stereocenters. The van der Waals surface area contributed by atoms with Gasteiger partial charge in [0, 0.05) is 12.1 Å². The van der Waals surface area contributed by atoms with Crippen molar-refractivity contribution in [1.29, 1.82) is 0 Å². The third kappa shape index (κ3) is 3.24. The van der Waals surface area contributed by atoms with Gasteiger partial charge in [-0.05, 0) is 50.5 Å². The van der Waals surface area contributed by atoms with E-state index in [4.69, 9.17) is 0 Å². The fourth-order valence-electron chi connectivity index (χ4n) is 4.13. The molecule has 2 heterocycles. The molecule has 2 aromatic rings. The van der Waals surface area contributed by atoms with Gasteiger partial charge >= 0.3 is 0 Å². The van der Waals surface area contributed by atoms with Crippen molar-refractivity contribution in [2.75, 3.05) is 13.1 Å². The van der Waals surface area contributed by atoms with E-state index in [0.717, 1.165) is 22.4 Å². The highest BCUT2D eigenvalue weighted by atomic mass is 16.2. The first-order chi connectivity index (χ1) is 13.9. The summed E-state index contributed by atoms with van der Waals surface area (Å²) >= 11 is 0. The number of fused-ring (bicyclic) bond motifs is 1. The molecule has 2 aliphatic rings. The van der Waals surface area contributed by atoms with E-state index < -0.39 is 17.9 Å². The van der Waals surface area contributed by atoms with Gasteiger partial charge in [0.1, 0.15) is 6.54 Å². The summed E-state index contributed by atoms with van der Waals surface area (Å²) in [5, 5.41) is 0. The number of aryl methyl sites for hydroxylation is 2. The van der Waals surface area contributed by atoms with Crippen LogP contribution in [0.1, 0.15) is 55.0 Å². The van der Waals surface area contributed by atoms with Gasteiger partial charge in [0.25, 0.3) is 11.8 Å². The molecule has 2 aliphatic heterocycles. The Morgan fingerprint density at radius 3 is 2.31 bits per heavy atom. The molecule has 4 rings (SSSR count). The standard InChI is InChI=1S/C23H22N2O4/c1-14-9-10-15(2)18(12-14)21(27)19-8-5-11-24(19)20(26)13-25-22(28)16-6-3-4-7-17(16)23(25)29/h3-4,6-7,9-10,12,19H,5,8,11,13H2,1-2H3. The summed E-state index contributed by atoms with van der Waals surface area (Å²) in [4.78, 5) is 53.7. The molecule has 6 heteroatoms. The summed E-state index contributed by atoms with van der Waals surface area (Å²) in [5.41, 5.74) is 3.11. The first-order valence-electron chi connectivity index (χ1n) is 9.74. The van der Waals surface area contributed by atoms with Crippen LogP contribution in [0.25, 0.3) is 0 Å². The molecule has 1 unspecified atom stereocenters. The Morgan fingerprint density at radius 2 is 1.66 bits per heavy atom. The maximum Gasteiger partial charge on any atom is 0.262 e. The van der Waals surface area contributed by atoms with Crippen molar-refractivity contribution in [3.8, 4) is 0 Å². The minimum Gasteiger partial charge on any atom is -0.331 e. The van der Waals surface area contributed by atoms with Crippen LogP contribution in [0.2, 0.25) is 0 Å². The van der Waals surface area contributed by atoms with E-state index in [9.17, 15) is 19.2 Å². The van der Waals surface area contributed by atoms with Gasteiger partial charge in [-0.2, -0.15) is 0 Å². The van der Waals surface area contributed by atoms with Crippen molar-refractivity contribution < 1.29 is 19.2 Å². The topological polar surface area (TPSA) is 74.8 Å². The SMILES string of the molecule is Cc1ccc(C)c(C(=O)C2CCCN2C(=O)CN2C(=O)c3ccccc3C2=O)c1. The minimum atomic E-state index is -0.557. The highest BCUT2D eigenvalue weighted by Crippen LogP contribution is 2.26. The average Bonchev–Trinajstić information content (AvgIpc) is 3.29. The van der Waals surface area contributed by atoms with Gasteiger partial charge < -0.3 is 4.90 Å². The molecule has 1 saturated heterocycles. The number of ketones is 1. The number of benzene rings is 2. The molecule has 148 valence electrons. The summed E-state index contributed by atoms with van der Waals surface area (Å²) in [6.45, 7) is 3.91. The van der Waals surface area contributed by atoms with Crippen molar-refractivity contribution in [2.45, 2.75) is 32.7 Å². The van der Waals surface area contributed by atoms with Gasteiger partial charge in [-0.25, -0.2) is 0 Å². The second kappa shape index (κ2) is 7.28. The number of carbonyl (C=O) groups excluding carboxylic acids is 4. The lowest BCUT2D eigenvalue weighted by molar-refractivity contribution is -0.131. The lowest BCUT2D eigenvalue weighted by Gasteiger charge is -2.26. The zero-order valence-electron chi connectivity index (χ0n) is 16.5. The van der Waals surface area contributed by atoms with Crippen LogP contribution < -0.4 is 0 Å². The minimum absolute atomic E-state index is 0.0839. The van der Waals surface area contributed by atoms with E-state index >= 15 is 0 Å². The van der Waals surface area contributed by atoms with Crippen LogP contribution in [-0.2, 0) is 4.79 Å². The summed E-state index contributed by atoms with van der Waals surface area (Å²) in [5.74, 6) is -1.38. The maximum absolute atomic E-state index is 13.1. The summed E-state index contributed by atoms with van der Waals surface area (Å²) in [6.07, 6.45) is 1.30. The number of hydrogen-bond acceptors (Lipinski definition) is 4. The first kappa shape index (κ1) is 19.1. The lowest BCUT2D eigenvalue weighted by Crippen LogP contribution is -2.47. The molecule has 2 aromatic carbocycles. The summed E-state index contributed by atoms with van der Waals surface area (Å²) < 4.78 is 0. The fraction of sp³-hybridized carbons (Fsp3) is 0.304.